The van der Waals surface area contributed by atoms with E-state index in [4.69, 9.17) is 5.73 Å². The summed E-state index contributed by atoms with van der Waals surface area (Å²) in [5.41, 5.74) is 6.16. The summed E-state index contributed by atoms with van der Waals surface area (Å²) in [4.78, 5) is 18.7. The molecule has 0 spiro atoms. The molecule has 1 atom stereocenters. The molecule has 3 heterocycles. The third-order valence-corrected chi connectivity index (χ3v) is 4.04. The van der Waals surface area contributed by atoms with Gasteiger partial charge in [-0.25, -0.2) is 4.98 Å². The van der Waals surface area contributed by atoms with Crippen molar-refractivity contribution in [3.05, 3.63) is 36.8 Å². The van der Waals surface area contributed by atoms with Gasteiger partial charge in [0.15, 0.2) is 0 Å². The van der Waals surface area contributed by atoms with Crippen LogP contribution in [0.2, 0.25) is 0 Å². The smallest absolute Gasteiger partial charge is 0.241 e. The maximum absolute atomic E-state index is 12.0. The first kappa shape index (κ1) is 15.3. The zero-order chi connectivity index (χ0) is 16.1. The van der Waals surface area contributed by atoms with E-state index in [2.05, 4.69) is 20.3 Å². The van der Waals surface area contributed by atoms with Gasteiger partial charge in [0, 0.05) is 32.0 Å². The van der Waals surface area contributed by atoms with Crippen LogP contribution in [0.3, 0.4) is 0 Å². The molecule has 2 aromatic heterocycles. The number of hydrogen-bond acceptors (Lipinski definition) is 5. The highest BCUT2D eigenvalue weighted by molar-refractivity contribution is 5.75. The number of carbonyl (C=O) groups excluding carboxylic acids is 1. The highest BCUT2D eigenvalue weighted by atomic mass is 16.2. The van der Waals surface area contributed by atoms with Crippen molar-refractivity contribution in [2.24, 2.45) is 5.92 Å². The number of amides is 1. The van der Waals surface area contributed by atoms with E-state index in [0.29, 0.717) is 18.2 Å². The van der Waals surface area contributed by atoms with Crippen molar-refractivity contribution in [1.29, 1.82) is 0 Å². The van der Waals surface area contributed by atoms with Gasteiger partial charge in [-0.1, -0.05) is 6.07 Å². The molecule has 1 aliphatic heterocycles. The number of nitrogens with zero attached hydrogens (tertiary/aromatic N) is 4. The topological polar surface area (TPSA) is 89.1 Å². The molecule has 0 bridgehead atoms. The van der Waals surface area contributed by atoms with Crippen LogP contribution in [0.1, 0.15) is 12.8 Å². The summed E-state index contributed by atoms with van der Waals surface area (Å²) >= 11 is 0. The van der Waals surface area contributed by atoms with Crippen LogP contribution in [0.4, 0.5) is 11.5 Å². The van der Waals surface area contributed by atoms with Gasteiger partial charge in [0.1, 0.15) is 12.4 Å². The molecular weight excluding hydrogens is 292 g/mol. The lowest BCUT2D eigenvalue weighted by molar-refractivity contribution is -0.122. The van der Waals surface area contributed by atoms with E-state index in [1.165, 1.54) is 0 Å². The standard InChI is InChI=1S/C16H22N6O/c17-14-9-20-22(11-14)12-16(23)19-8-13-4-3-7-21(10-13)15-5-1-2-6-18-15/h1-2,5-6,9,11,13H,3-4,7-8,10,12,17H2,(H,19,23)/t13-/m1/s1. The number of nitrogens with one attached hydrogen (secondary N) is 1. The van der Waals surface area contributed by atoms with Gasteiger partial charge in [-0.05, 0) is 30.9 Å². The summed E-state index contributed by atoms with van der Waals surface area (Å²) in [6, 6.07) is 5.96. The summed E-state index contributed by atoms with van der Waals surface area (Å²) < 4.78 is 1.55. The predicted octanol–water partition coefficient (Wildman–Crippen LogP) is 0.893. The quantitative estimate of drug-likeness (QED) is 0.855. The first-order valence-corrected chi connectivity index (χ1v) is 7.91. The van der Waals surface area contributed by atoms with Gasteiger partial charge in [0.2, 0.25) is 5.91 Å². The number of anilines is 2. The minimum atomic E-state index is -0.0388. The molecule has 3 rings (SSSR count). The lowest BCUT2D eigenvalue weighted by atomic mass is 9.98. The maximum Gasteiger partial charge on any atom is 0.241 e. The van der Waals surface area contributed by atoms with Crippen molar-refractivity contribution in [3.8, 4) is 0 Å². The van der Waals surface area contributed by atoms with Gasteiger partial charge in [-0.3, -0.25) is 9.48 Å². The largest absolute Gasteiger partial charge is 0.396 e. The van der Waals surface area contributed by atoms with Crippen LogP contribution in [0.5, 0.6) is 0 Å². The molecule has 0 unspecified atom stereocenters. The van der Waals surface area contributed by atoms with Crippen LogP contribution < -0.4 is 16.0 Å². The average molecular weight is 314 g/mol. The Labute approximate surface area is 135 Å². The Morgan fingerprint density at radius 2 is 2.35 bits per heavy atom. The average Bonchev–Trinajstić information content (AvgIpc) is 2.99. The molecule has 3 N–H and O–H groups in total. The lowest BCUT2D eigenvalue weighted by Crippen LogP contribution is -2.41. The Bertz CT molecular complexity index is 641. The SMILES string of the molecule is Nc1cnn(CC(=O)NC[C@H]2CCCN(c3ccccn3)C2)c1. The molecule has 0 saturated carbocycles. The van der Waals surface area contributed by atoms with Crippen molar-refractivity contribution in [2.45, 2.75) is 19.4 Å². The highest BCUT2D eigenvalue weighted by Gasteiger charge is 2.21. The summed E-state index contributed by atoms with van der Waals surface area (Å²) in [5.74, 6) is 1.41. The summed E-state index contributed by atoms with van der Waals surface area (Å²) in [6.45, 7) is 2.83. The zero-order valence-electron chi connectivity index (χ0n) is 13.1. The molecule has 7 nitrogen and oxygen atoms in total. The lowest BCUT2D eigenvalue weighted by Gasteiger charge is -2.33. The predicted molar refractivity (Wildman–Crippen MR) is 88.8 cm³/mol. The summed E-state index contributed by atoms with van der Waals surface area (Å²) in [7, 11) is 0. The first-order chi connectivity index (χ1) is 11.2. The van der Waals surface area contributed by atoms with E-state index < -0.39 is 0 Å². The van der Waals surface area contributed by atoms with Crippen molar-refractivity contribution in [3.63, 3.8) is 0 Å². The Hall–Kier alpha value is -2.57. The number of nitrogen functional groups attached to an aromatic ring is 1. The van der Waals surface area contributed by atoms with Crippen LogP contribution in [-0.2, 0) is 11.3 Å². The monoisotopic (exact) mass is 314 g/mol. The third kappa shape index (κ3) is 4.21. The maximum atomic E-state index is 12.0. The Morgan fingerprint density at radius 3 is 3.09 bits per heavy atom. The number of aromatic nitrogens is 3. The number of rotatable bonds is 5. The second-order valence-electron chi connectivity index (χ2n) is 5.92. The van der Waals surface area contributed by atoms with E-state index in [1.54, 1.807) is 17.1 Å². The van der Waals surface area contributed by atoms with Crippen LogP contribution in [0, 0.1) is 5.92 Å². The first-order valence-electron chi connectivity index (χ1n) is 7.91. The van der Waals surface area contributed by atoms with Crippen molar-refractivity contribution in [1.82, 2.24) is 20.1 Å². The Kier molecular flexibility index (Phi) is 4.75. The normalized spacial score (nSPS) is 17.9. The molecule has 1 amide bonds. The molecule has 122 valence electrons. The van der Waals surface area contributed by atoms with Crippen LogP contribution in [0.15, 0.2) is 36.8 Å². The van der Waals surface area contributed by atoms with Gasteiger partial charge < -0.3 is 16.0 Å². The molecule has 0 aromatic carbocycles. The number of carbonyl (C=O) groups is 1. The van der Waals surface area contributed by atoms with Gasteiger partial charge in [0.05, 0.1) is 11.9 Å². The molecule has 1 aliphatic rings. The number of pyridine rings is 1. The Morgan fingerprint density at radius 1 is 1.43 bits per heavy atom. The van der Waals surface area contributed by atoms with Crippen molar-refractivity contribution in [2.75, 3.05) is 30.3 Å². The zero-order valence-corrected chi connectivity index (χ0v) is 13.1. The van der Waals surface area contributed by atoms with Gasteiger partial charge in [-0.2, -0.15) is 5.10 Å². The molecule has 1 saturated heterocycles. The number of nitrogens with two attached hydrogens (primary N) is 1. The molecule has 0 aliphatic carbocycles. The fourth-order valence-electron chi connectivity index (χ4n) is 2.91. The van der Waals surface area contributed by atoms with E-state index in [0.717, 1.165) is 31.7 Å². The third-order valence-electron chi connectivity index (χ3n) is 4.04. The van der Waals surface area contributed by atoms with Crippen molar-refractivity contribution >= 4 is 17.4 Å². The van der Waals surface area contributed by atoms with Crippen LogP contribution in [0.25, 0.3) is 0 Å². The molecular formula is C16H22N6O. The fraction of sp³-hybridized carbons (Fsp3) is 0.438. The number of piperidine rings is 1. The van der Waals surface area contributed by atoms with E-state index >= 15 is 0 Å². The second kappa shape index (κ2) is 7.13. The van der Waals surface area contributed by atoms with E-state index in [-0.39, 0.29) is 12.5 Å². The van der Waals surface area contributed by atoms with Gasteiger partial charge >= 0.3 is 0 Å². The number of hydrogen-bond donors (Lipinski definition) is 2. The minimum Gasteiger partial charge on any atom is -0.396 e. The summed E-state index contributed by atoms with van der Waals surface area (Å²) in [6.07, 6.45) is 7.25. The molecule has 2 aromatic rings. The summed E-state index contributed by atoms with van der Waals surface area (Å²) in [5, 5.41) is 7.01. The molecule has 23 heavy (non-hydrogen) atoms. The van der Waals surface area contributed by atoms with Gasteiger partial charge in [0.25, 0.3) is 0 Å². The Balaban J connectivity index is 1.47. The van der Waals surface area contributed by atoms with Crippen LogP contribution >= 0.6 is 0 Å². The van der Waals surface area contributed by atoms with Crippen LogP contribution in [-0.4, -0.2) is 40.3 Å². The molecule has 1 fully saturated rings. The molecule has 0 radical (unpaired) electrons. The van der Waals surface area contributed by atoms with E-state index in [1.807, 2.05) is 24.4 Å². The second-order valence-corrected chi connectivity index (χ2v) is 5.92. The minimum absolute atomic E-state index is 0.0388. The fourth-order valence-corrected chi connectivity index (χ4v) is 2.91. The molecule has 7 heteroatoms. The van der Waals surface area contributed by atoms with E-state index in [9.17, 15) is 4.79 Å². The highest BCUT2D eigenvalue weighted by Crippen LogP contribution is 2.20. The van der Waals surface area contributed by atoms with Crippen molar-refractivity contribution < 1.29 is 4.79 Å². The van der Waals surface area contributed by atoms with Gasteiger partial charge in [-0.15, -0.1) is 0 Å².